The van der Waals surface area contributed by atoms with Gasteiger partial charge in [-0.1, -0.05) is 19.8 Å². The fraction of sp³-hybridized carbons (Fsp3) is 0.929. The summed E-state index contributed by atoms with van der Waals surface area (Å²) in [6.45, 7) is 4.61. The van der Waals surface area contributed by atoms with Crippen LogP contribution < -0.4 is 11.1 Å². The van der Waals surface area contributed by atoms with Crippen molar-refractivity contribution < 1.29 is 9.53 Å². The van der Waals surface area contributed by atoms with Gasteiger partial charge in [0.2, 0.25) is 5.91 Å². The van der Waals surface area contributed by atoms with Crippen molar-refractivity contribution in [3.05, 3.63) is 0 Å². The molecule has 0 aromatic rings. The minimum absolute atomic E-state index is 0.118. The second kappa shape index (κ2) is 5.57. The molecule has 2 fully saturated rings. The molecule has 0 aromatic carbocycles. The fourth-order valence-corrected chi connectivity index (χ4v) is 2.99. The van der Waals surface area contributed by atoms with Crippen LogP contribution in [0.1, 0.15) is 51.9 Å². The van der Waals surface area contributed by atoms with Gasteiger partial charge < -0.3 is 15.8 Å². The van der Waals surface area contributed by atoms with Crippen molar-refractivity contribution in [2.45, 2.75) is 57.4 Å². The molecule has 3 N–H and O–H groups in total. The van der Waals surface area contributed by atoms with Crippen LogP contribution in [0.4, 0.5) is 0 Å². The van der Waals surface area contributed by atoms with E-state index in [4.69, 9.17) is 10.5 Å². The van der Waals surface area contributed by atoms with Crippen molar-refractivity contribution in [2.75, 3.05) is 19.8 Å². The average molecular weight is 254 g/mol. The van der Waals surface area contributed by atoms with Crippen LogP contribution in [0.25, 0.3) is 0 Å². The van der Waals surface area contributed by atoms with E-state index in [1.807, 2.05) is 0 Å². The minimum Gasteiger partial charge on any atom is -0.381 e. The predicted molar refractivity (Wildman–Crippen MR) is 71.2 cm³/mol. The van der Waals surface area contributed by atoms with E-state index in [1.165, 1.54) is 12.8 Å². The molecule has 1 saturated heterocycles. The monoisotopic (exact) mass is 254 g/mol. The van der Waals surface area contributed by atoms with Gasteiger partial charge in [0.25, 0.3) is 0 Å². The second-order valence-electron chi connectivity index (χ2n) is 6.45. The first-order valence-electron chi connectivity index (χ1n) is 7.15. The average Bonchev–Trinajstić information content (AvgIpc) is 2.74. The van der Waals surface area contributed by atoms with E-state index in [9.17, 15) is 4.79 Å². The number of hydrogen-bond acceptors (Lipinski definition) is 3. The van der Waals surface area contributed by atoms with Crippen LogP contribution in [-0.4, -0.2) is 31.2 Å². The summed E-state index contributed by atoms with van der Waals surface area (Å²) in [6, 6.07) is 0. The highest BCUT2D eigenvalue weighted by molar-refractivity contribution is 5.77. The van der Waals surface area contributed by atoms with Gasteiger partial charge in [-0.15, -0.1) is 0 Å². The Balaban J connectivity index is 1.74. The third-order valence-corrected chi connectivity index (χ3v) is 4.52. The fourth-order valence-electron chi connectivity index (χ4n) is 2.99. The molecule has 0 radical (unpaired) electrons. The van der Waals surface area contributed by atoms with E-state index in [-0.39, 0.29) is 16.9 Å². The third-order valence-electron chi connectivity index (χ3n) is 4.52. The van der Waals surface area contributed by atoms with Gasteiger partial charge in [-0.05, 0) is 31.1 Å². The van der Waals surface area contributed by atoms with Gasteiger partial charge in [0.1, 0.15) is 0 Å². The molecule has 1 amide bonds. The molecule has 1 heterocycles. The van der Waals surface area contributed by atoms with Crippen molar-refractivity contribution in [3.63, 3.8) is 0 Å². The molecule has 4 nitrogen and oxygen atoms in total. The molecule has 1 aliphatic carbocycles. The maximum absolute atomic E-state index is 12.0. The quantitative estimate of drug-likeness (QED) is 0.800. The van der Waals surface area contributed by atoms with Gasteiger partial charge >= 0.3 is 0 Å². The Bertz CT molecular complexity index is 292. The first kappa shape index (κ1) is 13.8. The Morgan fingerprint density at radius 1 is 1.22 bits per heavy atom. The van der Waals surface area contributed by atoms with Crippen LogP contribution in [0.3, 0.4) is 0 Å². The van der Waals surface area contributed by atoms with E-state index in [1.54, 1.807) is 0 Å². The molecule has 4 heteroatoms. The lowest BCUT2D eigenvalue weighted by Crippen LogP contribution is -2.45. The number of amides is 1. The summed E-state index contributed by atoms with van der Waals surface area (Å²) in [5, 5.41) is 3.07. The zero-order chi connectivity index (χ0) is 13.1. The summed E-state index contributed by atoms with van der Waals surface area (Å²) in [6.07, 6.45) is 6.86. The molecule has 18 heavy (non-hydrogen) atoms. The Labute approximate surface area is 110 Å². The number of ether oxygens (including phenoxy) is 1. The molecule has 1 aliphatic heterocycles. The zero-order valence-electron chi connectivity index (χ0n) is 11.5. The summed E-state index contributed by atoms with van der Waals surface area (Å²) in [4.78, 5) is 12.0. The second-order valence-corrected chi connectivity index (χ2v) is 6.45. The number of hydrogen-bond donors (Lipinski definition) is 2. The van der Waals surface area contributed by atoms with Gasteiger partial charge in [0.15, 0.2) is 0 Å². The summed E-state index contributed by atoms with van der Waals surface area (Å²) < 4.78 is 5.36. The maximum atomic E-state index is 12.0. The van der Waals surface area contributed by atoms with Crippen LogP contribution in [0.15, 0.2) is 0 Å². The van der Waals surface area contributed by atoms with E-state index in [0.29, 0.717) is 6.42 Å². The van der Waals surface area contributed by atoms with Gasteiger partial charge in [0.05, 0.1) is 0 Å². The summed E-state index contributed by atoms with van der Waals surface area (Å²) in [5.41, 5.74) is 6.19. The van der Waals surface area contributed by atoms with Crippen LogP contribution in [-0.2, 0) is 9.53 Å². The minimum atomic E-state index is -0.235. The van der Waals surface area contributed by atoms with Crippen LogP contribution in [0.2, 0.25) is 0 Å². The SMILES string of the molecule is CC1(CNC(=O)CC2(N)CCCC2)CCOCC1. The maximum Gasteiger partial charge on any atom is 0.221 e. The summed E-state index contributed by atoms with van der Waals surface area (Å²) in [5.74, 6) is 0.118. The Morgan fingerprint density at radius 2 is 1.83 bits per heavy atom. The van der Waals surface area contributed by atoms with Crippen molar-refractivity contribution in [2.24, 2.45) is 11.1 Å². The normalized spacial score (nSPS) is 25.9. The summed E-state index contributed by atoms with van der Waals surface area (Å²) >= 11 is 0. The third kappa shape index (κ3) is 3.69. The molecular formula is C14H26N2O2. The van der Waals surface area contributed by atoms with Gasteiger partial charge in [-0.3, -0.25) is 4.79 Å². The highest BCUT2D eigenvalue weighted by atomic mass is 16.5. The van der Waals surface area contributed by atoms with Gasteiger partial charge in [-0.2, -0.15) is 0 Å². The zero-order valence-corrected chi connectivity index (χ0v) is 11.5. The predicted octanol–water partition coefficient (Wildman–Crippen LogP) is 1.58. The van der Waals surface area contributed by atoms with E-state index in [2.05, 4.69) is 12.2 Å². The number of rotatable bonds is 4. The van der Waals surface area contributed by atoms with E-state index >= 15 is 0 Å². The molecule has 0 atom stereocenters. The molecule has 0 spiro atoms. The Kier molecular flexibility index (Phi) is 4.28. The smallest absolute Gasteiger partial charge is 0.221 e. The number of nitrogens with one attached hydrogen (secondary N) is 1. The Morgan fingerprint density at radius 3 is 2.44 bits per heavy atom. The molecule has 2 rings (SSSR count). The topological polar surface area (TPSA) is 64.4 Å². The lowest BCUT2D eigenvalue weighted by molar-refractivity contribution is -0.123. The van der Waals surface area contributed by atoms with Gasteiger partial charge in [-0.25, -0.2) is 0 Å². The van der Waals surface area contributed by atoms with Crippen molar-refractivity contribution in [1.82, 2.24) is 5.32 Å². The van der Waals surface area contributed by atoms with Crippen molar-refractivity contribution in [1.29, 1.82) is 0 Å². The van der Waals surface area contributed by atoms with Crippen LogP contribution in [0.5, 0.6) is 0 Å². The number of carbonyl (C=O) groups is 1. The highest BCUT2D eigenvalue weighted by Crippen LogP contribution is 2.31. The van der Waals surface area contributed by atoms with Crippen LogP contribution >= 0.6 is 0 Å². The van der Waals surface area contributed by atoms with Crippen molar-refractivity contribution >= 4 is 5.91 Å². The summed E-state index contributed by atoms with van der Waals surface area (Å²) in [7, 11) is 0. The largest absolute Gasteiger partial charge is 0.381 e. The standard InChI is InChI=1S/C14H26N2O2/c1-13(6-8-18-9-7-13)11-16-12(17)10-14(15)4-2-3-5-14/h2-11,15H2,1H3,(H,16,17). The first-order chi connectivity index (χ1) is 8.52. The lowest BCUT2D eigenvalue weighted by Gasteiger charge is -2.34. The lowest BCUT2D eigenvalue weighted by atomic mass is 9.82. The molecule has 2 aliphatic rings. The molecule has 1 saturated carbocycles. The highest BCUT2D eigenvalue weighted by Gasteiger charge is 2.33. The number of carbonyl (C=O) groups excluding carboxylic acids is 1. The van der Waals surface area contributed by atoms with Crippen molar-refractivity contribution in [3.8, 4) is 0 Å². The number of nitrogens with two attached hydrogens (primary N) is 1. The Hall–Kier alpha value is -0.610. The molecule has 0 bridgehead atoms. The molecule has 104 valence electrons. The van der Waals surface area contributed by atoms with Crippen LogP contribution in [0, 0.1) is 5.41 Å². The molecule has 0 aromatic heterocycles. The molecular weight excluding hydrogens is 228 g/mol. The van der Waals surface area contributed by atoms with E-state index < -0.39 is 0 Å². The van der Waals surface area contributed by atoms with E-state index in [0.717, 1.165) is 45.4 Å². The molecule has 0 unspecified atom stereocenters. The van der Waals surface area contributed by atoms with Gasteiger partial charge in [0, 0.05) is 31.7 Å². The first-order valence-corrected chi connectivity index (χ1v) is 7.15.